The van der Waals surface area contributed by atoms with Crippen LogP contribution >= 0.6 is 0 Å². The third-order valence-corrected chi connectivity index (χ3v) is 16.3. The van der Waals surface area contributed by atoms with E-state index in [0.717, 1.165) is 89.9 Å². The molecule has 0 radical (unpaired) electrons. The van der Waals surface area contributed by atoms with Crippen molar-refractivity contribution in [2.75, 3.05) is 13.2 Å². The molecule has 82 heavy (non-hydrogen) atoms. The Kier molecular flexibility index (Phi) is 68.1. The summed E-state index contributed by atoms with van der Waals surface area (Å²) in [5, 5.41) is 0. The minimum atomic E-state index is -0.779. The molecule has 0 fully saturated rings. The molecule has 478 valence electrons. The summed E-state index contributed by atoms with van der Waals surface area (Å²) in [6.07, 6.45) is 91.1. The lowest BCUT2D eigenvalue weighted by molar-refractivity contribution is -0.167. The molecule has 0 heterocycles. The fourth-order valence-electron chi connectivity index (χ4n) is 10.8. The number of hydrogen-bond acceptors (Lipinski definition) is 6. The average molecular weight is 1150 g/mol. The molecule has 1 atom stereocenters. The fourth-order valence-corrected chi connectivity index (χ4v) is 10.8. The minimum Gasteiger partial charge on any atom is -0.462 e. The van der Waals surface area contributed by atoms with Gasteiger partial charge in [-0.25, -0.2) is 0 Å². The van der Waals surface area contributed by atoms with Crippen LogP contribution in [0.1, 0.15) is 387 Å². The third kappa shape index (κ3) is 67.9. The summed E-state index contributed by atoms with van der Waals surface area (Å²) in [6.45, 7) is 6.58. The fraction of sp³-hybridized carbons (Fsp3) is 0.829. The average Bonchev–Trinajstić information content (AvgIpc) is 3.47. The second-order valence-corrected chi connectivity index (χ2v) is 24.5. The molecule has 6 nitrogen and oxygen atoms in total. The highest BCUT2D eigenvalue weighted by molar-refractivity contribution is 5.71. The van der Waals surface area contributed by atoms with Crippen LogP contribution < -0.4 is 0 Å². The van der Waals surface area contributed by atoms with Crippen molar-refractivity contribution in [2.24, 2.45) is 0 Å². The molecule has 1 unspecified atom stereocenters. The van der Waals surface area contributed by atoms with Gasteiger partial charge in [-0.2, -0.15) is 0 Å². The molecule has 0 N–H and O–H groups in total. The SMILES string of the molecule is CC/C=C\C/C=C\C/C=C\CCCCCCCCCC(=O)OCC(COC(=O)CCCCCCCCCCCCCCC/C=C\C/C=C\CCCCCCC)OC(=O)CCCCCCCCCCCCCCCCCCCCCCCC. The van der Waals surface area contributed by atoms with Crippen molar-refractivity contribution in [1.82, 2.24) is 0 Å². The number of hydrogen-bond donors (Lipinski definition) is 0. The van der Waals surface area contributed by atoms with E-state index in [0.29, 0.717) is 19.3 Å². The predicted molar refractivity (Wildman–Crippen MR) is 358 cm³/mol. The Morgan fingerprint density at radius 1 is 0.256 bits per heavy atom. The molecule has 6 heteroatoms. The summed E-state index contributed by atoms with van der Waals surface area (Å²) in [7, 11) is 0. The van der Waals surface area contributed by atoms with Gasteiger partial charge in [-0.15, -0.1) is 0 Å². The Labute approximate surface area is 510 Å². The normalized spacial score (nSPS) is 12.4. The van der Waals surface area contributed by atoms with Crippen LogP contribution in [-0.4, -0.2) is 37.2 Å². The van der Waals surface area contributed by atoms with Gasteiger partial charge in [-0.3, -0.25) is 14.4 Å². The highest BCUT2D eigenvalue weighted by Crippen LogP contribution is 2.18. The number of carbonyl (C=O) groups is 3. The van der Waals surface area contributed by atoms with Crippen molar-refractivity contribution in [3.05, 3.63) is 60.8 Å². The highest BCUT2D eigenvalue weighted by atomic mass is 16.6. The van der Waals surface area contributed by atoms with Crippen LogP contribution in [0.25, 0.3) is 0 Å². The summed E-state index contributed by atoms with van der Waals surface area (Å²) in [4.78, 5) is 38.5. The van der Waals surface area contributed by atoms with Gasteiger partial charge in [0.1, 0.15) is 13.2 Å². The van der Waals surface area contributed by atoms with Crippen molar-refractivity contribution in [3.63, 3.8) is 0 Å². The van der Waals surface area contributed by atoms with E-state index >= 15 is 0 Å². The van der Waals surface area contributed by atoms with Gasteiger partial charge >= 0.3 is 17.9 Å². The van der Waals surface area contributed by atoms with Gasteiger partial charge in [0.15, 0.2) is 6.10 Å². The Balaban J connectivity index is 4.30. The van der Waals surface area contributed by atoms with E-state index in [1.54, 1.807) is 0 Å². The van der Waals surface area contributed by atoms with Crippen LogP contribution in [0.3, 0.4) is 0 Å². The van der Waals surface area contributed by atoms with Gasteiger partial charge in [0.25, 0.3) is 0 Å². The van der Waals surface area contributed by atoms with Crippen LogP contribution in [0.2, 0.25) is 0 Å². The summed E-state index contributed by atoms with van der Waals surface area (Å²) in [6, 6.07) is 0. The largest absolute Gasteiger partial charge is 0.462 e. The first-order chi connectivity index (χ1) is 40.5. The van der Waals surface area contributed by atoms with Crippen molar-refractivity contribution in [3.8, 4) is 0 Å². The van der Waals surface area contributed by atoms with E-state index in [2.05, 4.69) is 81.5 Å². The number of allylic oxidation sites excluding steroid dienone is 10. The zero-order chi connectivity index (χ0) is 59.2. The molecule has 0 saturated heterocycles. The van der Waals surface area contributed by atoms with Gasteiger partial charge in [0.2, 0.25) is 0 Å². The maximum atomic E-state index is 13.0. The van der Waals surface area contributed by atoms with Gasteiger partial charge in [0.05, 0.1) is 0 Å². The number of unbranched alkanes of at least 4 members (excludes halogenated alkanes) is 46. The van der Waals surface area contributed by atoms with E-state index in [-0.39, 0.29) is 31.1 Å². The Morgan fingerprint density at radius 3 is 0.744 bits per heavy atom. The zero-order valence-electron chi connectivity index (χ0n) is 55.0. The van der Waals surface area contributed by atoms with Gasteiger partial charge < -0.3 is 14.2 Å². The quantitative estimate of drug-likeness (QED) is 0.0261. The van der Waals surface area contributed by atoms with Crippen molar-refractivity contribution >= 4 is 17.9 Å². The first kappa shape index (κ1) is 79.1. The second kappa shape index (κ2) is 70.6. The molecule has 0 saturated carbocycles. The number of rotatable bonds is 67. The maximum Gasteiger partial charge on any atom is 0.306 e. The van der Waals surface area contributed by atoms with E-state index in [9.17, 15) is 14.4 Å². The standard InChI is InChI=1S/C76H138O6/c1-4-7-10-13-16-19-22-25-28-31-33-35-37-38-39-41-42-45-48-51-54-57-60-63-66-69-75(78)81-72-73(71-80-74(77)68-65-62-59-56-53-50-47-44-30-27-24-21-18-15-12-9-6-3)82-76(79)70-67-64-61-58-55-52-49-46-43-40-36-34-32-29-26-23-20-17-14-11-8-5-2/h9,12,18,21-22,25,27,30-31,33,73H,4-8,10-11,13-17,19-20,23-24,26,28-29,32,34-72H2,1-3H3/b12-9-,21-18-,25-22-,30-27-,33-31-. The molecule has 0 amide bonds. The first-order valence-electron chi connectivity index (χ1n) is 36.3. The number of carbonyl (C=O) groups excluding carboxylic acids is 3. The molecular formula is C76H138O6. The van der Waals surface area contributed by atoms with Gasteiger partial charge in [-0.05, 0) is 83.5 Å². The third-order valence-electron chi connectivity index (χ3n) is 16.3. The summed E-state index contributed by atoms with van der Waals surface area (Å²) >= 11 is 0. The summed E-state index contributed by atoms with van der Waals surface area (Å²) < 4.78 is 17.0. The van der Waals surface area contributed by atoms with E-state index < -0.39 is 6.10 Å². The van der Waals surface area contributed by atoms with Crippen LogP contribution in [0, 0.1) is 0 Å². The van der Waals surface area contributed by atoms with Gasteiger partial charge in [-0.1, -0.05) is 345 Å². The molecule has 0 aromatic rings. The smallest absolute Gasteiger partial charge is 0.306 e. The first-order valence-corrected chi connectivity index (χ1v) is 36.3. The lowest BCUT2D eigenvalue weighted by Crippen LogP contribution is -2.30. The van der Waals surface area contributed by atoms with Crippen LogP contribution in [0.15, 0.2) is 60.8 Å². The van der Waals surface area contributed by atoms with Crippen LogP contribution in [0.5, 0.6) is 0 Å². The van der Waals surface area contributed by atoms with Crippen molar-refractivity contribution in [2.45, 2.75) is 393 Å². The number of esters is 3. The van der Waals surface area contributed by atoms with E-state index in [4.69, 9.17) is 14.2 Å². The molecule has 0 rings (SSSR count). The Bertz CT molecular complexity index is 1460. The van der Waals surface area contributed by atoms with Crippen molar-refractivity contribution in [1.29, 1.82) is 0 Å². The topological polar surface area (TPSA) is 78.9 Å². The zero-order valence-corrected chi connectivity index (χ0v) is 55.0. The lowest BCUT2D eigenvalue weighted by Gasteiger charge is -2.18. The lowest BCUT2D eigenvalue weighted by atomic mass is 10.0. The summed E-state index contributed by atoms with van der Waals surface area (Å²) in [5.41, 5.74) is 0. The van der Waals surface area contributed by atoms with Gasteiger partial charge in [0, 0.05) is 19.3 Å². The second-order valence-electron chi connectivity index (χ2n) is 24.5. The van der Waals surface area contributed by atoms with E-state index in [1.807, 2.05) is 0 Å². The molecular weight excluding hydrogens is 1010 g/mol. The van der Waals surface area contributed by atoms with Crippen molar-refractivity contribution < 1.29 is 28.6 Å². The predicted octanol–water partition coefficient (Wildman–Crippen LogP) is 25.1. The van der Waals surface area contributed by atoms with Crippen LogP contribution in [0.4, 0.5) is 0 Å². The molecule has 0 aliphatic rings. The molecule has 0 bridgehead atoms. The monoisotopic (exact) mass is 1150 g/mol. The summed E-state index contributed by atoms with van der Waals surface area (Å²) in [5.74, 6) is -0.857. The molecule has 0 spiro atoms. The van der Waals surface area contributed by atoms with E-state index in [1.165, 1.54) is 257 Å². The minimum absolute atomic E-state index is 0.0736. The molecule has 0 aromatic carbocycles. The van der Waals surface area contributed by atoms with Crippen LogP contribution in [-0.2, 0) is 28.6 Å². The number of ether oxygens (including phenoxy) is 3. The molecule has 0 aromatic heterocycles. The molecule has 0 aliphatic heterocycles. The highest BCUT2D eigenvalue weighted by Gasteiger charge is 2.19. The molecule has 0 aliphatic carbocycles. The maximum absolute atomic E-state index is 13.0. The Hall–Kier alpha value is -2.89. The Morgan fingerprint density at radius 2 is 0.476 bits per heavy atom.